The summed E-state index contributed by atoms with van der Waals surface area (Å²) >= 11 is 0. The topological polar surface area (TPSA) is 0 Å². The minimum absolute atomic E-state index is 0. The summed E-state index contributed by atoms with van der Waals surface area (Å²) in [5.74, 6) is 0.833. The van der Waals surface area contributed by atoms with Crippen molar-refractivity contribution in [2.75, 3.05) is 0 Å². The maximum atomic E-state index is 2.26. The molecule has 1 rings (SSSR count). The molecule has 0 aliphatic rings. The second kappa shape index (κ2) is 8.38. The molecule has 0 fully saturated rings. The van der Waals surface area contributed by atoms with Gasteiger partial charge in [0.05, 0.1) is 0 Å². The Morgan fingerprint density at radius 3 is 1.50 bits per heavy atom. The summed E-state index contributed by atoms with van der Waals surface area (Å²) in [6.45, 7) is 15.3. The predicted octanol–water partition coefficient (Wildman–Crippen LogP) is 5.47. The van der Waals surface area contributed by atoms with Gasteiger partial charge in [-0.2, -0.15) is 0 Å². The van der Waals surface area contributed by atoms with Gasteiger partial charge in [-0.15, -0.1) is 0 Å². The molecule has 0 amide bonds. The zero-order valence-corrected chi connectivity index (χ0v) is 11.4. The maximum Gasteiger partial charge on any atom is -0.0302 e. The zero-order chi connectivity index (χ0) is 12.0. The van der Waals surface area contributed by atoms with Gasteiger partial charge in [-0.25, -0.2) is 0 Å². The molecule has 0 aliphatic carbocycles. The average Bonchev–Trinajstić information content (AvgIpc) is 2.01. The Morgan fingerprint density at radius 1 is 0.938 bits per heavy atom. The number of aryl methyl sites for hydroxylation is 3. The molecule has 0 unspecified atom stereocenters. The predicted molar refractivity (Wildman–Crippen MR) is 77.3 cm³/mol. The molecule has 16 heavy (non-hydrogen) atoms. The molecule has 0 heteroatoms. The molecule has 1 aromatic rings. The van der Waals surface area contributed by atoms with Gasteiger partial charge in [0.15, 0.2) is 0 Å². The fraction of sp³-hybridized carbons (Fsp3) is 0.625. The van der Waals surface area contributed by atoms with Crippen LogP contribution < -0.4 is 0 Å². The first-order valence-corrected chi connectivity index (χ1v) is 5.95. The number of benzene rings is 1. The summed E-state index contributed by atoms with van der Waals surface area (Å²) in [5, 5.41) is 0. The molecular formula is C16H30. The fourth-order valence-corrected chi connectivity index (χ4v) is 1.77. The highest BCUT2D eigenvalue weighted by molar-refractivity contribution is 5.37. The first-order chi connectivity index (χ1) is 6.88. The van der Waals surface area contributed by atoms with Crippen molar-refractivity contribution in [3.63, 3.8) is 0 Å². The molecule has 1 aromatic carbocycles. The molecule has 0 spiro atoms. The molecule has 0 N–H and O–H groups in total. The lowest BCUT2D eigenvalue weighted by molar-refractivity contribution is 0.737. The van der Waals surface area contributed by atoms with Crippen molar-refractivity contribution >= 4 is 0 Å². The number of hydrogen-bond donors (Lipinski definition) is 0. The van der Waals surface area contributed by atoms with Gasteiger partial charge in [-0.3, -0.25) is 0 Å². The Hall–Kier alpha value is -0.780. The molecule has 0 saturated heterocycles. The van der Waals surface area contributed by atoms with Gasteiger partial charge in [0.25, 0.3) is 0 Å². The van der Waals surface area contributed by atoms with Crippen molar-refractivity contribution in [2.24, 2.45) is 5.92 Å². The van der Waals surface area contributed by atoms with E-state index in [0.717, 1.165) is 12.3 Å². The summed E-state index contributed by atoms with van der Waals surface area (Å²) in [6, 6.07) is 4.51. The third-order valence-corrected chi connectivity index (χ3v) is 2.19. The minimum Gasteiger partial charge on any atom is -0.0776 e. The summed E-state index contributed by atoms with van der Waals surface area (Å²) in [5.41, 5.74) is 5.75. The van der Waals surface area contributed by atoms with Crippen molar-refractivity contribution in [1.29, 1.82) is 0 Å². The van der Waals surface area contributed by atoms with E-state index >= 15 is 0 Å². The molecule has 0 aliphatic heterocycles. The Kier molecular flexibility index (Phi) is 9.22. The third-order valence-electron chi connectivity index (χ3n) is 2.19. The monoisotopic (exact) mass is 222 g/mol. The van der Waals surface area contributed by atoms with Crippen LogP contribution in [0.15, 0.2) is 12.1 Å². The number of rotatable bonds is 1. The Bertz CT molecular complexity index is 269. The van der Waals surface area contributed by atoms with Crippen LogP contribution >= 0.6 is 0 Å². The standard InChI is InChI=1S/C11H16.C4H10.CH4/c1-5-11-9(3)6-8(2)7-10(11)4;1-4(2)3;/h6-7H,5H2,1-4H3;4H,1-3H3;1H4. The van der Waals surface area contributed by atoms with Crippen LogP contribution in [0.5, 0.6) is 0 Å². The lowest BCUT2D eigenvalue weighted by Crippen LogP contribution is -1.92. The Morgan fingerprint density at radius 2 is 1.25 bits per heavy atom. The second-order valence-electron chi connectivity index (χ2n) is 4.96. The molecule has 0 bridgehead atoms. The maximum absolute atomic E-state index is 2.26. The van der Waals surface area contributed by atoms with Gasteiger partial charge >= 0.3 is 0 Å². The smallest absolute Gasteiger partial charge is 0.0302 e. The van der Waals surface area contributed by atoms with E-state index in [1.165, 1.54) is 22.3 Å². The van der Waals surface area contributed by atoms with E-state index in [-0.39, 0.29) is 7.43 Å². The van der Waals surface area contributed by atoms with Gasteiger partial charge in [0, 0.05) is 0 Å². The first-order valence-electron chi connectivity index (χ1n) is 5.95. The normalized spacial score (nSPS) is 9.25. The van der Waals surface area contributed by atoms with E-state index in [4.69, 9.17) is 0 Å². The van der Waals surface area contributed by atoms with Crippen LogP contribution in [0.2, 0.25) is 0 Å². The summed E-state index contributed by atoms with van der Waals surface area (Å²) in [4.78, 5) is 0. The molecule has 0 nitrogen and oxygen atoms in total. The molecular weight excluding hydrogens is 192 g/mol. The summed E-state index contributed by atoms with van der Waals surface area (Å²) < 4.78 is 0. The molecule has 0 heterocycles. The van der Waals surface area contributed by atoms with Crippen LogP contribution in [0.25, 0.3) is 0 Å². The van der Waals surface area contributed by atoms with E-state index in [0.29, 0.717) is 0 Å². The molecule has 0 aromatic heterocycles. The van der Waals surface area contributed by atoms with E-state index in [1.807, 2.05) is 0 Å². The van der Waals surface area contributed by atoms with Crippen LogP contribution in [0.3, 0.4) is 0 Å². The average molecular weight is 222 g/mol. The number of hydrogen-bond acceptors (Lipinski definition) is 0. The van der Waals surface area contributed by atoms with Crippen LogP contribution in [0, 0.1) is 26.7 Å². The Balaban J connectivity index is 0. The van der Waals surface area contributed by atoms with Gasteiger partial charge < -0.3 is 0 Å². The van der Waals surface area contributed by atoms with Crippen molar-refractivity contribution in [1.82, 2.24) is 0 Å². The summed E-state index contributed by atoms with van der Waals surface area (Å²) in [6.07, 6.45) is 1.15. The summed E-state index contributed by atoms with van der Waals surface area (Å²) in [7, 11) is 0. The highest BCUT2D eigenvalue weighted by Crippen LogP contribution is 2.16. The SMILES string of the molecule is C.CC(C)C.CCc1c(C)cc(C)cc1C. The van der Waals surface area contributed by atoms with Crippen LogP contribution in [-0.4, -0.2) is 0 Å². The van der Waals surface area contributed by atoms with Crippen molar-refractivity contribution < 1.29 is 0 Å². The van der Waals surface area contributed by atoms with Gasteiger partial charge in [-0.05, 0) is 49.8 Å². The molecule has 0 atom stereocenters. The van der Waals surface area contributed by atoms with Gasteiger partial charge in [-0.1, -0.05) is 52.8 Å². The highest BCUT2D eigenvalue weighted by atomic mass is 14.0. The van der Waals surface area contributed by atoms with E-state index in [9.17, 15) is 0 Å². The minimum atomic E-state index is 0. The van der Waals surface area contributed by atoms with Crippen molar-refractivity contribution in [3.8, 4) is 0 Å². The Labute approximate surface area is 103 Å². The first kappa shape index (κ1) is 17.6. The quantitative estimate of drug-likeness (QED) is 0.591. The largest absolute Gasteiger partial charge is 0.0776 e. The van der Waals surface area contributed by atoms with Crippen molar-refractivity contribution in [2.45, 2.75) is 62.3 Å². The van der Waals surface area contributed by atoms with Crippen LogP contribution in [0.4, 0.5) is 0 Å². The zero-order valence-electron chi connectivity index (χ0n) is 11.4. The highest BCUT2D eigenvalue weighted by Gasteiger charge is 1.99. The van der Waals surface area contributed by atoms with Crippen LogP contribution in [0.1, 0.15) is 57.4 Å². The van der Waals surface area contributed by atoms with Gasteiger partial charge in [0.2, 0.25) is 0 Å². The lowest BCUT2D eigenvalue weighted by atomic mass is 9.98. The van der Waals surface area contributed by atoms with E-state index in [2.05, 4.69) is 60.6 Å². The molecule has 94 valence electrons. The third kappa shape index (κ3) is 6.66. The molecule has 0 radical (unpaired) electrons. The molecule has 0 saturated carbocycles. The van der Waals surface area contributed by atoms with Gasteiger partial charge in [0.1, 0.15) is 0 Å². The lowest BCUT2D eigenvalue weighted by Gasteiger charge is -2.08. The second-order valence-corrected chi connectivity index (χ2v) is 4.96. The fourth-order valence-electron chi connectivity index (χ4n) is 1.77. The van der Waals surface area contributed by atoms with Crippen molar-refractivity contribution in [3.05, 3.63) is 34.4 Å². The van der Waals surface area contributed by atoms with E-state index < -0.39 is 0 Å². The van der Waals surface area contributed by atoms with Crippen LogP contribution in [-0.2, 0) is 6.42 Å². The van der Waals surface area contributed by atoms with E-state index in [1.54, 1.807) is 0 Å².